The highest BCUT2D eigenvalue weighted by Crippen LogP contribution is 2.34. The Kier molecular flexibility index (Phi) is 5.26. The van der Waals surface area contributed by atoms with Gasteiger partial charge < -0.3 is 10.3 Å². The first-order valence-electron chi connectivity index (χ1n) is 11.7. The van der Waals surface area contributed by atoms with E-state index in [4.69, 9.17) is 0 Å². The predicted octanol–water partition coefficient (Wildman–Crippen LogP) is 5.82. The molecule has 6 rings (SSSR count). The second kappa shape index (κ2) is 8.74. The largest absolute Gasteiger partial charge is 0.338 e. The highest BCUT2D eigenvalue weighted by Gasteiger charge is 2.15. The number of nitrogens with zero attached hydrogens (tertiary/aromatic N) is 4. The van der Waals surface area contributed by atoms with Crippen LogP contribution >= 0.6 is 0 Å². The maximum Gasteiger partial charge on any atom is 0.226 e. The van der Waals surface area contributed by atoms with Crippen molar-refractivity contribution in [2.75, 3.05) is 5.32 Å². The molecule has 0 spiro atoms. The fraction of sp³-hybridized carbons (Fsp3) is 0.107. The first-order chi connectivity index (χ1) is 17.6. The highest BCUT2D eigenvalue weighted by atomic mass is 16.1. The van der Waals surface area contributed by atoms with E-state index in [0.717, 1.165) is 55.6 Å². The van der Waals surface area contributed by atoms with Crippen molar-refractivity contribution in [2.45, 2.75) is 13.8 Å². The Labute approximate surface area is 206 Å². The van der Waals surface area contributed by atoms with Gasteiger partial charge in [-0.05, 0) is 47.5 Å². The van der Waals surface area contributed by atoms with Crippen LogP contribution in [-0.2, 0) is 4.79 Å². The van der Waals surface area contributed by atoms with E-state index in [-0.39, 0.29) is 11.8 Å². The quantitative estimate of drug-likeness (QED) is 0.292. The third kappa shape index (κ3) is 3.88. The van der Waals surface area contributed by atoms with E-state index in [1.807, 2.05) is 56.4 Å². The monoisotopic (exact) mass is 473 g/mol. The molecule has 5 heterocycles. The molecule has 8 heteroatoms. The smallest absolute Gasteiger partial charge is 0.226 e. The van der Waals surface area contributed by atoms with Gasteiger partial charge in [0.2, 0.25) is 5.91 Å². The summed E-state index contributed by atoms with van der Waals surface area (Å²) >= 11 is 0. The van der Waals surface area contributed by atoms with Gasteiger partial charge in [-0.3, -0.25) is 19.9 Å². The molecule has 0 fully saturated rings. The Hall–Kier alpha value is -4.85. The second-order valence-electron chi connectivity index (χ2n) is 8.98. The molecule has 0 atom stereocenters. The number of aromatic nitrogens is 6. The lowest BCUT2D eigenvalue weighted by atomic mass is 10.0. The summed E-state index contributed by atoms with van der Waals surface area (Å²) in [6, 6.07) is 16.1. The van der Waals surface area contributed by atoms with Crippen LogP contribution in [0.3, 0.4) is 0 Å². The van der Waals surface area contributed by atoms with E-state index in [1.165, 1.54) is 0 Å². The number of H-pyrrole nitrogens is 2. The molecule has 176 valence electrons. The number of carbonyl (C=O) groups excluding carboxylic acids is 1. The number of benzene rings is 1. The fourth-order valence-electron chi connectivity index (χ4n) is 4.28. The van der Waals surface area contributed by atoms with Crippen molar-refractivity contribution >= 4 is 33.5 Å². The van der Waals surface area contributed by atoms with Crippen LogP contribution in [0.15, 0.2) is 79.5 Å². The number of hydrogen-bond acceptors (Lipinski definition) is 5. The summed E-state index contributed by atoms with van der Waals surface area (Å²) in [6.07, 6.45) is 8.86. The molecule has 8 nitrogen and oxygen atoms in total. The molecule has 0 bridgehead atoms. The molecule has 0 saturated heterocycles. The van der Waals surface area contributed by atoms with E-state index in [9.17, 15) is 4.79 Å². The zero-order valence-corrected chi connectivity index (χ0v) is 19.8. The lowest BCUT2D eigenvalue weighted by molar-refractivity contribution is -0.118. The molecule has 5 aromatic heterocycles. The van der Waals surface area contributed by atoms with Crippen molar-refractivity contribution in [3.05, 3.63) is 79.5 Å². The molecule has 36 heavy (non-hydrogen) atoms. The zero-order chi connectivity index (χ0) is 24.6. The number of nitrogens with one attached hydrogen (secondary N) is 3. The van der Waals surface area contributed by atoms with Crippen molar-refractivity contribution in [2.24, 2.45) is 5.92 Å². The minimum Gasteiger partial charge on any atom is -0.338 e. The van der Waals surface area contributed by atoms with E-state index in [0.29, 0.717) is 5.69 Å². The zero-order valence-electron chi connectivity index (χ0n) is 19.8. The third-order valence-corrected chi connectivity index (χ3v) is 6.19. The van der Waals surface area contributed by atoms with Crippen LogP contribution < -0.4 is 5.32 Å². The molecule has 1 aromatic carbocycles. The number of fused-ring (bicyclic) bond motifs is 2. The average Bonchev–Trinajstić information content (AvgIpc) is 3.53. The fourth-order valence-corrected chi connectivity index (χ4v) is 4.28. The molecular formula is C28H23N7O. The maximum absolute atomic E-state index is 12.1. The SMILES string of the molecule is CC(C)C(=O)Nc1cncc(-c2ccc3[nH]nc(-c4cc5c(-c6cccnc6)ccnc5[nH]4)c3c2)c1. The highest BCUT2D eigenvalue weighted by molar-refractivity contribution is 6.00. The van der Waals surface area contributed by atoms with Crippen molar-refractivity contribution < 1.29 is 4.79 Å². The van der Waals surface area contributed by atoms with Crippen molar-refractivity contribution in [1.29, 1.82) is 0 Å². The Bertz CT molecular complexity index is 1720. The number of hydrogen-bond donors (Lipinski definition) is 3. The van der Waals surface area contributed by atoms with Crippen LogP contribution in [-0.4, -0.2) is 36.0 Å². The average molecular weight is 474 g/mol. The summed E-state index contributed by atoms with van der Waals surface area (Å²) in [7, 11) is 0. The van der Waals surface area contributed by atoms with Gasteiger partial charge in [0, 0.05) is 52.6 Å². The molecular weight excluding hydrogens is 450 g/mol. The molecule has 0 aliphatic carbocycles. The molecule has 6 aromatic rings. The predicted molar refractivity (Wildman–Crippen MR) is 141 cm³/mol. The van der Waals surface area contributed by atoms with Crippen molar-refractivity contribution in [3.63, 3.8) is 0 Å². The third-order valence-electron chi connectivity index (χ3n) is 6.19. The minimum absolute atomic E-state index is 0.0420. The van der Waals surface area contributed by atoms with Gasteiger partial charge in [0.25, 0.3) is 0 Å². The van der Waals surface area contributed by atoms with E-state index < -0.39 is 0 Å². The van der Waals surface area contributed by atoms with E-state index in [1.54, 1.807) is 24.8 Å². The summed E-state index contributed by atoms with van der Waals surface area (Å²) < 4.78 is 0. The maximum atomic E-state index is 12.1. The number of carbonyl (C=O) groups is 1. The molecule has 0 unspecified atom stereocenters. The van der Waals surface area contributed by atoms with Gasteiger partial charge in [-0.2, -0.15) is 5.10 Å². The lowest BCUT2D eigenvalue weighted by Crippen LogP contribution is -2.17. The number of anilines is 1. The first kappa shape index (κ1) is 21.7. The standard InChI is InChI=1S/C28H23N7O/c1-16(2)28(36)32-20-10-19(14-30-15-20)17-5-6-24-23(11-17)26(35-34-24)25-12-22-21(7-9-31-27(22)33-25)18-4-3-8-29-13-18/h3-16H,1-2H3,(H,31,33)(H,32,36)(H,34,35). The van der Waals surface area contributed by atoms with Gasteiger partial charge in [-0.15, -0.1) is 0 Å². The number of amides is 1. The van der Waals surface area contributed by atoms with E-state index in [2.05, 4.69) is 47.6 Å². The van der Waals surface area contributed by atoms with Gasteiger partial charge in [0.15, 0.2) is 0 Å². The number of aromatic amines is 2. The van der Waals surface area contributed by atoms with Crippen LogP contribution in [0.4, 0.5) is 5.69 Å². The second-order valence-corrected chi connectivity index (χ2v) is 8.98. The van der Waals surface area contributed by atoms with Crippen LogP contribution in [0, 0.1) is 5.92 Å². The normalized spacial score (nSPS) is 11.4. The summed E-state index contributed by atoms with van der Waals surface area (Å²) in [5, 5.41) is 12.6. The van der Waals surface area contributed by atoms with Gasteiger partial charge in [-0.1, -0.05) is 26.0 Å². The molecule has 3 N–H and O–H groups in total. The summed E-state index contributed by atoms with van der Waals surface area (Å²) in [5.74, 6) is -0.150. The van der Waals surface area contributed by atoms with Crippen LogP contribution in [0.1, 0.15) is 13.8 Å². The van der Waals surface area contributed by atoms with Crippen molar-refractivity contribution in [3.8, 4) is 33.6 Å². The molecule has 0 aliphatic heterocycles. The summed E-state index contributed by atoms with van der Waals surface area (Å²) in [4.78, 5) is 28.7. The molecule has 0 radical (unpaired) electrons. The van der Waals surface area contributed by atoms with Crippen LogP contribution in [0.2, 0.25) is 0 Å². The first-order valence-corrected chi connectivity index (χ1v) is 11.7. The Morgan fingerprint density at radius 1 is 0.889 bits per heavy atom. The summed E-state index contributed by atoms with van der Waals surface area (Å²) in [5.41, 5.74) is 8.02. The molecule has 0 aliphatic rings. The lowest BCUT2D eigenvalue weighted by Gasteiger charge is -2.09. The number of pyridine rings is 3. The number of rotatable bonds is 5. The topological polar surface area (TPSA) is 112 Å². The van der Waals surface area contributed by atoms with Crippen LogP contribution in [0.25, 0.3) is 55.6 Å². The van der Waals surface area contributed by atoms with E-state index >= 15 is 0 Å². The summed E-state index contributed by atoms with van der Waals surface area (Å²) in [6.45, 7) is 3.72. The van der Waals surface area contributed by atoms with Gasteiger partial charge in [-0.25, -0.2) is 4.98 Å². The van der Waals surface area contributed by atoms with Gasteiger partial charge in [0.1, 0.15) is 11.3 Å². The molecule has 1 amide bonds. The Morgan fingerprint density at radius 2 is 1.78 bits per heavy atom. The van der Waals surface area contributed by atoms with Crippen molar-refractivity contribution in [1.82, 2.24) is 30.1 Å². The Balaban J connectivity index is 1.41. The van der Waals surface area contributed by atoms with Gasteiger partial charge >= 0.3 is 0 Å². The van der Waals surface area contributed by atoms with Gasteiger partial charge in [0.05, 0.1) is 23.1 Å². The van der Waals surface area contributed by atoms with Crippen LogP contribution in [0.5, 0.6) is 0 Å². The molecule has 0 saturated carbocycles. The Morgan fingerprint density at radius 3 is 2.61 bits per heavy atom. The minimum atomic E-state index is -0.108.